The van der Waals surface area contributed by atoms with Crippen LogP contribution < -0.4 is 0 Å². The van der Waals surface area contributed by atoms with E-state index in [-0.39, 0.29) is 18.2 Å². The summed E-state index contributed by atoms with van der Waals surface area (Å²) in [6.07, 6.45) is 0.535. The molecule has 2 heterocycles. The van der Waals surface area contributed by atoms with Crippen LogP contribution in [0.3, 0.4) is 0 Å². The second-order valence-corrected chi connectivity index (χ2v) is 6.16. The van der Waals surface area contributed by atoms with E-state index in [9.17, 15) is 14.4 Å². The zero-order valence-electron chi connectivity index (χ0n) is 10.00. The Morgan fingerprint density at radius 3 is 2.74 bits per heavy atom. The van der Waals surface area contributed by atoms with Gasteiger partial charge in [0, 0.05) is 30.5 Å². The lowest BCUT2D eigenvalue weighted by Gasteiger charge is -2.12. The molecule has 2 rings (SSSR count). The standard InChI is InChI=1S/C11H12N2O4S2/c14-8-1-2-9(15)13(8)3-4-18-11-12-7(6-19-11)5-10(16)17/h6H,1-5H2,(H,16,17). The maximum Gasteiger partial charge on any atom is 0.309 e. The summed E-state index contributed by atoms with van der Waals surface area (Å²) in [5.74, 6) is -0.556. The smallest absolute Gasteiger partial charge is 0.309 e. The van der Waals surface area contributed by atoms with Gasteiger partial charge in [0.1, 0.15) is 4.34 Å². The molecular weight excluding hydrogens is 288 g/mol. The summed E-state index contributed by atoms with van der Waals surface area (Å²) in [7, 11) is 0. The van der Waals surface area contributed by atoms with Crippen molar-refractivity contribution >= 4 is 40.9 Å². The van der Waals surface area contributed by atoms with E-state index in [1.165, 1.54) is 28.0 Å². The Bertz CT molecular complexity index is 499. The third-order valence-electron chi connectivity index (χ3n) is 2.56. The monoisotopic (exact) mass is 300 g/mol. The molecule has 1 aliphatic rings. The molecule has 1 N–H and O–H groups in total. The SMILES string of the molecule is O=C(O)Cc1csc(SCCN2C(=O)CCC2=O)n1. The van der Waals surface area contributed by atoms with Gasteiger partial charge in [0.05, 0.1) is 12.1 Å². The van der Waals surface area contributed by atoms with Crippen molar-refractivity contribution in [1.29, 1.82) is 0 Å². The summed E-state index contributed by atoms with van der Waals surface area (Å²) in [5.41, 5.74) is 0.535. The first-order chi connectivity index (χ1) is 9.06. The first kappa shape index (κ1) is 14.0. The fraction of sp³-hybridized carbons (Fsp3) is 0.455. The predicted octanol–water partition coefficient (Wildman–Crippen LogP) is 1.01. The first-order valence-corrected chi connectivity index (χ1v) is 7.55. The molecule has 1 aliphatic heterocycles. The number of hydrogen-bond donors (Lipinski definition) is 1. The molecule has 1 fully saturated rings. The Morgan fingerprint density at radius 2 is 2.11 bits per heavy atom. The van der Waals surface area contributed by atoms with Gasteiger partial charge in [-0.15, -0.1) is 11.3 Å². The van der Waals surface area contributed by atoms with E-state index >= 15 is 0 Å². The van der Waals surface area contributed by atoms with E-state index in [2.05, 4.69) is 4.98 Å². The second kappa shape index (κ2) is 6.16. The number of aromatic nitrogens is 1. The summed E-state index contributed by atoms with van der Waals surface area (Å²) in [4.78, 5) is 38.7. The van der Waals surface area contributed by atoms with Gasteiger partial charge in [0.15, 0.2) is 0 Å². The molecule has 2 amide bonds. The highest BCUT2D eigenvalue weighted by molar-refractivity contribution is 8.01. The lowest BCUT2D eigenvalue weighted by atomic mass is 10.3. The third-order valence-corrected chi connectivity index (χ3v) is 4.61. The molecule has 0 saturated carbocycles. The molecule has 8 heteroatoms. The van der Waals surface area contributed by atoms with Gasteiger partial charge in [-0.2, -0.15) is 0 Å². The van der Waals surface area contributed by atoms with Crippen LogP contribution >= 0.6 is 23.1 Å². The zero-order chi connectivity index (χ0) is 13.8. The quantitative estimate of drug-likeness (QED) is 0.623. The topological polar surface area (TPSA) is 87.6 Å². The Hall–Kier alpha value is -1.41. The van der Waals surface area contributed by atoms with Crippen LogP contribution in [0, 0.1) is 0 Å². The molecule has 19 heavy (non-hydrogen) atoms. The van der Waals surface area contributed by atoms with Gasteiger partial charge in [-0.3, -0.25) is 19.3 Å². The summed E-state index contributed by atoms with van der Waals surface area (Å²) in [6, 6.07) is 0. The largest absolute Gasteiger partial charge is 0.481 e. The van der Waals surface area contributed by atoms with Crippen molar-refractivity contribution in [3.8, 4) is 0 Å². The second-order valence-electron chi connectivity index (χ2n) is 3.96. The number of aliphatic carboxylic acids is 1. The fourth-order valence-electron chi connectivity index (χ4n) is 1.69. The summed E-state index contributed by atoms with van der Waals surface area (Å²) < 4.78 is 0.760. The van der Waals surface area contributed by atoms with E-state index in [1.807, 2.05) is 0 Å². The van der Waals surface area contributed by atoms with Crippen molar-refractivity contribution in [2.24, 2.45) is 0 Å². The highest BCUT2D eigenvalue weighted by Crippen LogP contribution is 2.23. The molecule has 1 aromatic heterocycles. The van der Waals surface area contributed by atoms with Gasteiger partial charge in [0.2, 0.25) is 11.8 Å². The number of carboxylic acids is 1. The molecule has 0 aromatic carbocycles. The van der Waals surface area contributed by atoms with E-state index in [1.54, 1.807) is 5.38 Å². The van der Waals surface area contributed by atoms with Crippen molar-refractivity contribution in [3.05, 3.63) is 11.1 Å². The third kappa shape index (κ3) is 3.77. The Balaban J connectivity index is 1.79. The van der Waals surface area contributed by atoms with Gasteiger partial charge >= 0.3 is 5.97 Å². The molecule has 0 atom stereocenters. The fourth-order valence-corrected chi connectivity index (χ4v) is 3.53. The van der Waals surface area contributed by atoms with Crippen LogP contribution in [0.1, 0.15) is 18.5 Å². The van der Waals surface area contributed by atoms with E-state index in [0.717, 1.165) is 4.34 Å². The first-order valence-electron chi connectivity index (χ1n) is 5.68. The molecular formula is C11H12N2O4S2. The van der Waals surface area contributed by atoms with E-state index in [4.69, 9.17) is 5.11 Å². The van der Waals surface area contributed by atoms with Crippen molar-refractivity contribution in [3.63, 3.8) is 0 Å². The van der Waals surface area contributed by atoms with Crippen LogP contribution in [0.5, 0.6) is 0 Å². The number of likely N-dealkylation sites (tertiary alicyclic amines) is 1. The van der Waals surface area contributed by atoms with Crippen LogP contribution in [0.15, 0.2) is 9.72 Å². The highest BCUT2D eigenvalue weighted by Gasteiger charge is 2.28. The van der Waals surface area contributed by atoms with Gasteiger partial charge < -0.3 is 5.11 Å². The predicted molar refractivity (Wildman–Crippen MR) is 70.1 cm³/mol. The number of thiazole rings is 1. The number of nitrogens with zero attached hydrogens (tertiary/aromatic N) is 2. The number of carbonyl (C=O) groups excluding carboxylic acids is 2. The van der Waals surface area contributed by atoms with E-state index in [0.29, 0.717) is 30.8 Å². The van der Waals surface area contributed by atoms with Crippen molar-refractivity contribution in [1.82, 2.24) is 9.88 Å². The van der Waals surface area contributed by atoms with Crippen LogP contribution in [0.2, 0.25) is 0 Å². The average molecular weight is 300 g/mol. The number of carbonyl (C=O) groups is 3. The molecule has 1 saturated heterocycles. The Morgan fingerprint density at radius 1 is 1.42 bits per heavy atom. The maximum absolute atomic E-state index is 11.4. The number of imide groups is 1. The minimum atomic E-state index is -0.907. The lowest BCUT2D eigenvalue weighted by molar-refractivity contribution is -0.138. The van der Waals surface area contributed by atoms with Crippen LogP contribution in [0.4, 0.5) is 0 Å². The zero-order valence-corrected chi connectivity index (χ0v) is 11.6. The van der Waals surface area contributed by atoms with Gasteiger partial charge in [-0.1, -0.05) is 11.8 Å². The molecule has 0 unspecified atom stereocenters. The normalized spacial score (nSPS) is 15.3. The van der Waals surface area contributed by atoms with Crippen LogP contribution in [0.25, 0.3) is 0 Å². The van der Waals surface area contributed by atoms with Gasteiger partial charge in [0.25, 0.3) is 0 Å². The lowest BCUT2D eigenvalue weighted by Crippen LogP contribution is -2.31. The minimum absolute atomic E-state index is 0.0832. The number of amides is 2. The Kier molecular flexibility index (Phi) is 4.54. The molecule has 0 bridgehead atoms. The van der Waals surface area contributed by atoms with Gasteiger partial charge in [-0.25, -0.2) is 4.98 Å². The Labute approximate surface area is 117 Å². The molecule has 1 aromatic rings. The average Bonchev–Trinajstić information content (AvgIpc) is 2.89. The van der Waals surface area contributed by atoms with Crippen molar-refractivity contribution < 1.29 is 19.5 Å². The van der Waals surface area contributed by atoms with Gasteiger partial charge in [-0.05, 0) is 0 Å². The molecule has 6 nitrogen and oxygen atoms in total. The number of rotatable bonds is 6. The number of hydrogen-bond acceptors (Lipinski definition) is 6. The highest BCUT2D eigenvalue weighted by atomic mass is 32.2. The van der Waals surface area contributed by atoms with Crippen LogP contribution in [-0.2, 0) is 20.8 Å². The maximum atomic E-state index is 11.4. The van der Waals surface area contributed by atoms with Crippen LogP contribution in [-0.4, -0.2) is 45.1 Å². The molecule has 0 radical (unpaired) electrons. The summed E-state index contributed by atoms with van der Waals surface area (Å²) >= 11 is 2.80. The van der Waals surface area contributed by atoms with Crippen molar-refractivity contribution in [2.75, 3.05) is 12.3 Å². The summed E-state index contributed by atoms with van der Waals surface area (Å²) in [6.45, 7) is 0.385. The summed E-state index contributed by atoms with van der Waals surface area (Å²) in [5, 5.41) is 10.3. The minimum Gasteiger partial charge on any atom is -0.481 e. The molecule has 0 spiro atoms. The molecule has 0 aliphatic carbocycles. The number of thioether (sulfide) groups is 1. The van der Waals surface area contributed by atoms with Crippen molar-refractivity contribution in [2.45, 2.75) is 23.6 Å². The molecule has 102 valence electrons. The van der Waals surface area contributed by atoms with E-state index < -0.39 is 5.97 Å². The number of carboxylic acid groups (broad SMARTS) is 1.